The molecule has 0 saturated heterocycles. The summed E-state index contributed by atoms with van der Waals surface area (Å²) in [6, 6.07) is 0. The molecule has 0 spiro atoms. The molecule has 94 valence electrons. The summed E-state index contributed by atoms with van der Waals surface area (Å²) in [7, 11) is 0. The molecule has 0 saturated carbocycles. The number of hydrogen-bond donors (Lipinski definition) is 0. The van der Waals surface area contributed by atoms with Crippen LogP contribution in [0.4, 0.5) is 0 Å². The molecule has 0 N–H and O–H groups in total. The van der Waals surface area contributed by atoms with Crippen molar-refractivity contribution in [2.45, 2.75) is 59.8 Å². The van der Waals surface area contributed by atoms with Gasteiger partial charge in [-0.1, -0.05) is 31.9 Å². The minimum atomic E-state index is -0.0434. The molecule has 2 nitrogen and oxygen atoms in total. The maximum absolute atomic E-state index is 11.4. The van der Waals surface area contributed by atoms with E-state index in [1.165, 1.54) is 5.57 Å². The monoisotopic (exact) mass is 226 g/mol. The zero-order valence-corrected chi connectivity index (χ0v) is 11.2. The second-order valence-electron chi connectivity index (χ2n) is 4.74. The molecule has 0 radical (unpaired) electrons. The Hall–Kier alpha value is -0.790. The predicted molar refractivity (Wildman–Crippen MR) is 68.3 cm³/mol. The first-order chi connectivity index (χ1) is 7.56. The highest BCUT2D eigenvalue weighted by Gasteiger charge is 2.09. The molecule has 2 heteroatoms. The van der Waals surface area contributed by atoms with Gasteiger partial charge in [0.1, 0.15) is 0 Å². The van der Waals surface area contributed by atoms with Gasteiger partial charge >= 0.3 is 5.97 Å². The molecular weight excluding hydrogens is 200 g/mol. The molecule has 0 heterocycles. The van der Waals surface area contributed by atoms with E-state index in [-0.39, 0.29) is 5.97 Å². The third-order valence-electron chi connectivity index (χ3n) is 2.49. The SMILES string of the molecule is CCCCOC(=O)C[C@@H](C)CCC=C(C)C. The summed E-state index contributed by atoms with van der Waals surface area (Å²) in [6.07, 6.45) is 6.94. The van der Waals surface area contributed by atoms with Crippen molar-refractivity contribution in [3.8, 4) is 0 Å². The van der Waals surface area contributed by atoms with Gasteiger partial charge in [-0.05, 0) is 39.0 Å². The molecule has 16 heavy (non-hydrogen) atoms. The van der Waals surface area contributed by atoms with Crippen molar-refractivity contribution in [3.63, 3.8) is 0 Å². The minimum Gasteiger partial charge on any atom is -0.466 e. The number of ether oxygens (including phenoxy) is 1. The summed E-state index contributed by atoms with van der Waals surface area (Å²) in [4.78, 5) is 11.4. The second kappa shape index (κ2) is 9.44. The average Bonchev–Trinajstić information content (AvgIpc) is 2.17. The van der Waals surface area contributed by atoms with E-state index in [9.17, 15) is 4.79 Å². The first kappa shape index (κ1) is 15.2. The van der Waals surface area contributed by atoms with Crippen molar-refractivity contribution in [1.29, 1.82) is 0 Å². The lowest BCUT2D eigenvalue weighted by molar-refractivity contribution is -0.144. The van der Waals surface area contributed by atoms with Crippen LogP contribution in [-0.2, 0) is 9.53 Å². The van der Waals surface area contributed by atoms with Crippen LogP contribution in [0.5, 0.6) is 0 Å². The maximum Gasteiger partial charge on any atom is 0.306 e. The molecule has 1 atom stereocenters. The number of carbonyl (C=O) groups excluding carboxylic acids is 1. The summed E-state index contributed by atoms with van der Waals surface area (Å²) < 4.78 is 5.13. The van der Waals surface area contributed by atoms with E-state index in [1.54, 1.807) is 0 Å². The van der Waals surface area contributed by atoms with Crippen LogP contribution in [0.3, 0.4) is 0 Å². The Labute approximate surface area is 100 Å². The molecule has 0 aliphatic heterocycles. The highest BCUT2D eigenvalue weighted by atomic mass is 16.5. The number of rotatable bonds is 8. The van der Waals surface area contributed by atoms with Crippen molar-refractivity contribution < 1.29 is 9.53 Å². The van der Waals surface area contributed by atoms with E-state index in [2.05, 4.69) is 33.8 Å². The molecule has 0 aliphatic carbocycles. The zero-order chi connectivity index (χ0) is 12.4. The van der Waals surface area contributed by atoms with Gasteiger partial charge in [-0.15, -0.1) is 0 Å². The van der Waals surface area contributed by atoms with Gasteiger partial charge in [-0.25, -0.2) is 0 Å². The van der Waals surface area contributed by atoms with Crippen LogP contribution in [0.1, 0.15) is 59.8 Å². The third-order valence-corrected chi connectivity index (χ3v) is 2.49. The van der Waals surface area contributed by atoms with Crippen molar-refractivity contribution in [2.75, 3.05) is 6.61 Å². The van der Waals surface area contributed by atoms with Gasteiger partial charge in [0.15, 0.2) is 0 Å². The Kier molecular flexibility index (Phi) is 8.97. The molecule has 0 aromatic heterocycles. The fraction of sp³-hybridized carbons (Fsp3) is 0.786. The van der Waals surface area contributed by atoms with Crippen LogP contribution >= 0.6 is 0 Å². The van der Waals surface area contributed by atoms with Crippen LogP contribution in [0.2, 0.25) is 0 Å². The molecule has 0 rings (SSSR count). The summed E-state index contributed by atoms with van der Waals surface area (Å²) in [6.45, 7) is 8.99. The topological polar surface area (TPSA) is 26.3 Å². The van der Waals surface area contributed by atoms with Gasteiger partial charge in [0.2, 0.25) is 0 Å². The average molecular weight is 226 g/mol. The van der Waals surface area contributed by atoms with Gasteiger partial charge in [-0.3, -0.25) is 4.79 Å². The summed E-state index contributed by atoms with van der Waals surface area (Å²) in [5, 5.41) is 0. The quantitative estimate of drug-likeness (QED) is 0.354. The number of hydrogen-bond acceptors (Lipinski definition) is 2. The Morgan fingerprint density at radius 1 is 1.38 bits per heavy atom. The fourth-order valence-electron chi connectivity index (χ4n) is 1.43. The molecule has 0 amide bonds. The van der Waals surface area contributed by atoms with Gasteiger partial charge in [0.25, 0.3) is 0 Å². The summed E-state index contributed by atoms with van der Waals surface area (Å²) in [5.74, 6) is 0.378. The van der Waals surface area contributed by atoms with Gasteiger partial charge in [0.05, 0.1) is 6.61 Å². The lowest BCUT2D eigenvalue weighted by Crippen LogP contribution is -2.10. The van der Waals surface area contributed by atoms with Crippen molar-refractivity contribution in [2.24, 2.45) is 5.92 Å². The fourth-order valence-corrected chi connectivity index (χ4v) is 1.43. The van der Waals surface area contributed by atoms with E-state index in [0.29, 0.717) is 18.9 Å². The minimum absolute atomic E-state index is 0.0434. The highest BCUT2D eigenvalue weighted by Crippen LogP contribution is 2.12. The smallest absolute Gasteiger partial charge is 0.306 e. The van der Waals surface area contributed by atoms with Crippen LogP contribution in [0.15, 0.2) is 11.6 Å². The summed E-state index contributed by atoms with van der Waals surface area (Å²) >= 11 is 0. The number of esters is 1. The standard InChI is InChI=1S/C14H26O2/c1-5-6-10-16-14(15)11-13(4)9-7-8-12(2)3/h8,13H,5-7,9-11H2,1-4H3/t13-/m0/s1. The molecule has 0 aliphatic rings. The first-order valence-electron chi connectivity index (χ1n) is 6.35. The maximum atomic E-state index is 11.4. The Morgan fingerprint density at radius 2 is 2.06 bits per heavy atom. The van der Waals surface area contributed by atoms with E-state index in [0.717, 1.165) is 25.7 Å². The van der Waals surface area contributed by atoms with Crippen LogP contribution in [0.25, 0.3) is 0 Å². The molecule has 0 bridgehead atoms. The van der Waals surface area contributed by atoms with E-state index in [4.69, 9.17) is 4.74 Å². The highest BCUT2D eigenvalue weighted by molar-refractivity contribution is 5.69. The molecule has 0 fully saturated rings. The van der Waals surface area contributed by atoms with Crippen LogP contribution in [-0.4, -0.2) is 12.6 Å². The predicted octanol–water partition coefficient (Wildman–Crippen LogP) is 4.10. The van der Waals surface area contributed by atoms with Gasteiger partial charge in [-0.2, -0.15) is 0 Å². The molecule has 0 aromatic rings. The third kappa shape index (κ3) is 9.75. The van der Waals surface area contributed by atoms with Crippen molar-refractivity contribution in [3.05, 3.63) is 11.6 Å². The van der Waals surface area contributed by atoms with Crippen molar-refractivity contribution >= 4 is 5.97 Å². The lowest BCUT2D eigenvalue weighted by atomic mass is 10.0. The summed E-state index contributed by atoms with van der Waals surface area (Å²) in [5.41, 5.74) is 1.35. The zero-order valence-electron chi connectivity index (χ0n) is 11.2. The van der Waals surface area contributed by atoms with Gasteiger partial charge in [0, 0.05) is 6.42 Å². The molecule has 0 aromatic carbocycles. The molecular formula is C14H26O2. The van der Waals surface area contributed by atoms with Crippen LogP contribution in [0, 0.1) is 5.92 Å². The van der Waals surface area contributed by atoms with E-state index >= 15 is 0 Å². The van der Waals surface area contributed by atoms with Gasteiger partial charge < -0.3 is 4.74 Å². The Bertz CT molecular complexity index is 215. The number of allylic oxidation sites excluding steroid dienone is 2. The normalized spacial score (nSPS) is 12.0. The number of carbonyl (C=O) groups is 1. The first-order valence-corrected chi connectivity index (χ1v) is 6.35. The molecule has 0 unspecified atom stereocenters. The van der Waals surface area contributed by atoms with Crippen molar-refractivity contribution in [1.82, 2.24) is 0 Å². The largest absolute Gasteiger partial charge is 0.466 e. The van der Waals surface area contributed by atoms with Crippen LogP contribution < -0.4 is 0 Å². The Morgan fingerprint density at radius 3 is 2.62 bits per heavy atom. The van der Waals surface area contributed by atoms with E-state index in [1.807, 2.05) is 0 Å². The Balaban J connectivity index is 3.58. The lowest BCUT2D eigenvalue weighted by Gasteiger charge is -2.09. The second-order valence-corrected chi connectivity index (χ2v) is 4.74. The van der Waals surface area contributed by atoms with E-state index < -0.39 is 0 Å². The number of unbranched alkanes of at least 4 members (excludes halogenated alkanes) is 1.